The zero-order chi connectivity index (χ0) is 14.9. The fraction of sp³-hybridized carbons (Fsp3) is 0.294. The topological polar surface area (TPSA) is 0 Å². The lowest BCUT2D eigenvalue weighted by molar-refractivity contribution is -0.137. The smallest absolute Gasteiger partial charge is 0.166 e. The summed E-state index contributed by atoms with van der Waals surface area (Å²) in [5.74, 6) is 0.175. The van der Waals surface area contributed by atoms with Crippen molar-refractivity contribution in [1.82, 2.24) is 0 Å². The van der Waals surface area contributed by atoms with Crippen LogP contribution in [0.15, 0.2) is 42.5 Å². The largest absolute Gasteiger partial charge is 0.416 e. The number of rotatable bonds is 2. The van der Waals surface area contributed by atoms with Crippen molar-refractivity contribution in [2.75, 3.05) is 0 Å². The molecule has 0 atom stereocenters. The van der Waals surface area contributed by atoms with Crippen molar-refractivity contribution in [2.45, 2.75) is 32.9 Å². The van der Waals surface area contributed by atoms with Crippen molar-refractivity contribution in [2.24, 2.45) is 0 Å². The van der Waals surface area contributed by atoms with Crippen LogP contribution in [0.1, 0.15) is 36.5 Å². The average molecular weight is 278 g/mol. The van der Waals surface area contributed by atoms with E-state index in [-0.39, 0.29) is 5.92 Å². The van der Waals surface area contributed by atoms with Crippen LogP contribution in [0, 0.1) is 6.92 Å². The molecule has 0 radical (unpaired) electrons. The molecule has 0 spiro atoms. The van der Waals surface area contributed by atoms with Crippen molar-refractivity contribution < 1.29 is 13.2 Å². The molecule has 0 unspecified atom stereocenters. The molecule has 0 saturated heterocycles. The lowest BCUT2D eigenvalue weighted by Crippen LogP contribution is -2.06. The van der Waals surface area contributed by atoms with Gasteiger partial charge in [0.15, 0.2) is 0 Å². The SMILES string of the molecule is Cc1ccc(-c2cc(C(F)(F)F)ccc2C(C)C)cc1. The van der Waals surface area contributed by atoms with Gasteiger partial charge in [0.25, 0.3) is 0 Å². The molecular weight excluding hydrogens is 261 g/mol. The Morgan fingerprint density at radius 3 is 2.00 bits per heavy atom. The number of halogens is 3. The first-order chi connectivity index (χ1) is 9.29. The van der Waals surface area contributed by atoms with Crippen LogP contribution < -0.4 is 0 Å². The molecule has 0 aliphatic heterocycles. The fourth-order valence-corrected chi connectivity index (χ4v) is 2.22. The Morgan fingerprint density at radius 2 is 1.50 bits per heavy atom. The van der Waals surface area contributed by atoms with Crippen LogP contribution in [0.4, 0.5) is 13.2 Å². The quantitative estimate of drug-likeness (QED) is 0.650. The molecule has 0 aliphatic carbocycles. The summed E-state index contributed by atoms with van der Waals surface area (Å²) >= 11 is 0. The number of alkyl halides is 3. The van der Waals surface area contributed by atoms with Gasteiger partial charge in [-0.25, -0.2) is 0 Å². The summed E-state index contributed by atoms with van der Waals surface area (Å²) in [6, 6.07) is 11.6. The van der Waals surface area contributed by atoms with Crippen molar-refractivity contribution >= 4 is 0 Å². The summed E-state index contributed by atoms with van der Waals surface area (Å²) in [5, 5.41) is 0. The molecule has 0 aliphatic rings. The van der Waals surface area contributed by atoms with Crippen LogP contribution in [0.25, 0.3) is 11.1 Å². The first-order valence-electron chi connectivity index (χ1n) is 6.57. The van der Waals surface area contributed by atoms with Gasteiger partial charge in [-0.15, -0.1) is 0 Å². The van der Waals surface area contributed by atoms with E-state index in [0.717, 1.165) is 22.8 Å². The van der Waals surface area contributed by atoms with Gasteiger partial charge in [-0.1, -0.05) is 49.7 Å². The zero-order valence-electron chi connectivity index (χ0n) is 11.8. The second kappa shape index (κ2) is 5.31. The van der Waals surface area contributed by atoms with Crippen molar-refractivity contribution in [3.05, 3.63) is 59.2 Å². The Balaban J connectivity index is 2.61. The number of benzene rings is 2. The Bertz CT molecular complexity index is 593. The van der Waals surface area contributed by atoms with Gasteiger partial charge in [0.1, 0.15) is 0 Å². The highest BCUT2D eigenvalue weighted by atomic mass is 19.4. The molecule has 2 aromatic carbocycles. The van der Waals surface area contributed by atoms with Gasteiger partial charge in [-0.2, -0.15) is 13.2 Å². The molecule has 0 nitrogen and oxygen atoms in total. The Morgan fingerprint density at radius 1 is 0.900 bits per heavy atom. The minimum absolute atomic E-state index is 0.175. The van der Waals surface area contributed by atoms with E-state index in [1.807, 2.05) is 45.0 Å². The van der Waals surface area contributed by atoms with Crippen LogP contribution in [0.3, 0.4) is 0 Å². The lowest BCUT2D eigenvalue weighted by Gasteiger charge is -2.16. The average Bonchev–Trinajstić information content (AvgIpc) is 2.37. The summed E-state index contributed by atoms with van der Waals surface area (Å²) in [6.07, 6.45) is -4.31. The van der Waals surface area contributed by atoms with Gasteiger partial charge in [0.05, 0.1) is 5.56 Å². The Kier molecular flexibility index (Phi) is 3.89. The summed E-state index contributed by atoms with van der Waals surface area (Å²) < 4.78 is 38.6. The van der Waals surface area contributed by atoms with E-state index < -0.39 is 11.7 Å². The van der Waals surface area contributed by atoms with Gasteiger partial charge in [-0.3, -0.25) is 0 Å². The van der Waals surface area contributed by atoms with E-state index in [9.17, 15) is 13.2 Å². The molecule has 0 amide bonds. The molecule has 0 fully saturated rings. The minimum Gasteiger partial charge on any atom is -0.166 e. The molecule has 0 bridgehead atoms. The Labute approximate surface area is 117 Å². The van der Waals surface area contributed by atoms with Crippen LogP contribution in [0.2, 0.25) is 0 Å². The van der Waals surface area contributed by atoms with Crippen molar-refractivity contribution in [3.8, 4) is 11.1 Å². The molecule has 0 N–H and O–H groups in total. The lowest BCUT2D eigenvalue weighted by atomic mass is 9.90. The molecule has 106 valence electrons. The molecule has 2 aromatic rings. The third-order valence-corrected chi connectivity index (χ3v) is 3.37. The maximum Gasteiger partial charge on any atom is 0.416 e. The predicted octanol–water partition coefficient (Wildman–Crippen LogP) is 5.80. The maximum absolute atomic E-state index is 12.9. The van der Waals surface area contributed by atoms with Gasteiger partial charge in [-0.05, 0) is 41.7 Å². The summed E-state index contributed by atoms with van der Waals surface area (Å²) in [7, 11) is 0. The van der Waals surface area contributed by atoms with E-state index in [0.29, 0.717) is 5.56 Å². The predicted molar refractivity (Wildman–Crippen MR) is 75.7 cm³/mol. The second-order valence-electron chi connectivity index (χ2n) is 5.32. The highest BCUT2D eigenvalue weighted by Gasteiger charge is 2.31. The number of aryl methyl sites for hydroxylation is 1. The van der Waals surface area contributed by atoms with Crippen LogP contribution >= 0.6 is 0 Å². The maximum atomic E-state index is 12.9. The first kappa shape index (κ1) is 14.6. The molecule has 0 aromatic heterocycles. The van der Waals surface area contributed by atoms with Gasteiger partial charge >= 0.3 is 6.18 Å². The van der Waals surface area contributed by atoms with E-state index in [1.165, 1.54) is 6.07 Å². The third kappa shape index (κ3) is 3.03. The van der Waals surface area contributed by atoms with Gasteiger partial charge in [0.2, 0.25) is 0 Å². The molecule has 20 heavy (non-hydrogen) atoms. The normalized spacial score (nSPS) is 11.9. The third-order valence-electron chi connectivity index (χ3n) is 3.37. The van der Waals surface area contributed by atoms with E-state index >= 15 is 0 Å². The Hall–Kier alpha value is -1.77. The molecule has 0 saturated carbocycles. The van der Waals surface area contributed by atoms with E-state index in [1.54, 1.807) is 6.07 Å². The highest BCUT2D eigenvalue weighted by molar-refractivity contribution is 5.69. The van der Waals surface area contributed by atoms with Crippen molar-refractivity contribution in [1.29, 1.82) is 0 Å². The zero-order valence-corrected chi connectivity index (χ0v) is 11.8. The molecule has 3 heteroatoms. The van der Waals surface area contributed by atoms with Gasteiger partial charge in [0, 0.05) is 0 Å². The van der Waals surface area contributed by atoms with Crippen LogP contribution in [-0.2, 0) is 6.18 Å². The molecular formula is C17H17F3. The first-order valence-corrected chi connectivity index (χ1v) is 6.57. The van der Waals surface area contributed by atoms with Crippen LogP contribution in [-0.4, -0.2) is 0 Å². The van der Waals surface area contributed by atoms with E-state index in [4.69, 9.17) is 0 Å². The molecule has 0 heterocycles. The summed E-state index contributed by atoms with van der Waals surface area (Å²) in [5.41, 5.74) is 2.91. The van der Waals surface area contributed by atoms with E-state index in [2.05, 4.69) is 0 Å². The standard InChI is InChI=1S/C17H17F3/c1-11(2)15-9-8-14(17(18,19)20)10-16(15)13-6-4-12(3)5-7-13/h4-11H,1-3H3. The minimum atomic E-state index is -4.31. The fourth-order valence-electron chi connectivity index (χ4n) is 2.22. The number of hydrogen-bond acceptors (Lipinski definition) is 0. The van der Waals surface area contributed by atoms with Gasteiger partial charge < -0.3 is 0 Å². The second-order valence-corrected chi connectivity index (χ2v) is 5.32. The monoisotopic (exact) mass is 278 g/mol. The highest BCUT2D eigenvalue weighted by Crippen LogP contribution is 2.36. The summed E-state index contributed by atoms with van der Waals surface area (Å²) in [4.78, 5) is 0. The number of hydrogen-bond donors (Lipinski definition) is 0. The molecule has 2 rings (SSSR count). The van der Waals surface area contributed by atoms with Crippen LogP contribution in [0.5, 0.6) is 0 Å². The van der Waals surface area contributed by atoms with Crippen molar-refractivity contribution in [3.63, 3.8) is 0 Å². The summed E-state index contributed by atoms with van der Waals surface area (Å²) in [6.45, 7) is 5.93.